The number of hydrogen-bond acceptors (Lipinski definition) is 4. The van der Waals surface area contributed by atoms with Crippen LogP contribution in [0.1, 0.15) is 10.6 Å². The summed E-state index contributed by atoms with van der Waals surface area (Å²) in [4.78, 5) is 11.9. The van der Waals surface area contributed by atoms with Crippen LogP contribution in [0, 0.1) is 5.92 Å². The molecule has 2 N–H and O–H groups in total. The molecule has 1 fully saturated rings. The van der Waals surface area contributed by atoms with Crippen LogP contribution in [0.2, 0.25) is 0 Å². The second-order valence-electron chi connectivity index (χ2n) is 4.68. The smallest absolute Gasteiger partial charge is 0.289 e. The molecule has 1 aromatic carbocycles. The average Bonchev–Trinajstić information content (AvgIpc) is 2.87. The summed E-state index contributed by atoms with van der Waals surface area (Å²) in [5.74, 6) is 0.577. The van der Waals surface area contributed by atoms with Gasteiger partial charge in [-0.25, -0.2) is 0 Å². The number of halogens is 1. The van der Waals surface area contributed by atoms with Gasteiger partial charge in [0.25, 0.3) is 5.91 Å². The molecule has 0 spiro atoms. The standard InChI is InChI=1S/C14H15N3O2.ClH/c18-14(16-9-10-7-15-8-10)13-6-12(17-19-13)11-4-2-1-3-5-11;/h1-6,10,15H,7-9H2,(H,16,18);1H. The monoisotopic (exact) mass is 293 g/mol. The average molecular weight is 294 g/mol. The van der Waals surface area contributed by atoms with Crippen LogP contribution in [0.3, 0.4) is 0 Å². The van der Waals surface area contributed by atoms with Crippen LogP contribution in [0.4, 0.5) is 0 Å². The highest BCUT2D eigenvalue weighted by Gasteiger charge is 2.19. The van der Waals surface area contributed by atoms with Crippen LogP contribution >= 0.6 is 12.4 Å². The molecular formula is C14H16ClN3O2. The molecule has 0 aliphatic carbocycles. The van der Waals surface area contributed by atoms with Crippen molar-refractivity contribution in [2.75, 3.05) is 19.6 Å². The Balaban J connectivity index is 0.00000147. The molecule has 5 nitrogen and oxygen atoms in total. The van der Waals surface area contributed by atoms with Crippen molar-refractivity contribution >= 4 is 18.3 Å². The summed E-state index contributed by atoms with van der Waals surface area (Å²) >= 11 is 0. The van der Waals surface area contributed by atoms with Crippen molar-refractivity contribution in [3.05, 3.63) is 42.2 Å². The second kappa shape index (κ2) is 6.54. The summed E-state index contributed by atoms with van der Waals surface area (Å²) in [6.45, 7) is 2.60. The van der Waals surface area contributed by atoms with Gasteiger partial charge in [-0.05, 0) is 0 Å². The molecule has 1 aliphatic rings. The number of hydrogen-bond donors (Lipinski definition) is 2. The molecule has 2 aromatic rings. The highest BCUT2D eigenvalue weighted by Crippen LogP contribution is 2.18. The maximum Gasteiger partial charge on any atom is 0.289 e. The number of nitrogens with zero attached hydrogens (tertiary/aromatic N) is 1. The Morgan fingerprint density at radius 1 is 1.35 bits per heavy atom. The fourth-order valence-electron chi connectivity index (χ4n) is 1.94. The van der Waals surface area contributed by atoms with Gasteiger partial charge in [0.1, 0.15) is 5.69 Å². The lowest BCUT2D eigenvalue weighted by atomic mass is 10.0. The SMILES string of the molecule is Cl.O=C(NCC1CNC1)c1cc(-c2ccccc2)no1. The van der Waals surface area contributed by atoms with Crippen molar-refractivity contribution in [2.45, 2.75) is 0 Å². The van der Waals surface area contributed by atoms with Crippen molar-refractivity contribution in [3.8, 4) is 11.3 Å². The summed E-state index contributed by atoms with van der Waals surface area (Å²) in [7, 11) is 0. The molecule has 20 heavy (non-hydrogen) atoms. The highest BCUT2D eigenvalue weighted by atomic mass is 35.5. The summed E-state index contributed by atoms with van der Waals surface area (Å²) in [6.07, 6.45) is 0. The van der Waals surface area contributed by atoms with E-state index in [0.717, 1.165) is 18.7 Å². The van der Waals surface area contributed by atoms with E-state index in [1.54, 1.807) is 6.07 Å². The molecule has 1 aliphatic heterocycles. The lowest BCUT2D eigenvalue weighted by Crippen LogP contribution is -2.48. The molecule has 1 saturated heterocycles. The minimum absolute atomic E-state index is 0. The fraction of sp³-hybridized carbons (Fsp3) is 0.286. The number of carbonyl (C=O) groups is 1. The molecule has 0 radical (unpaired) electrons. The number of benzene rings is 1. The zero-order valence-corrected chi connectivity index (χ0v) is 11.7. The number of carbonyl (C=O) groups excluding carboxylic acids is 1. The summed E-state index contributed by atoms with van der Waals surface area (Å²) in [6, 6.07) is 11.3. The molecule has 0 atom stereocenters. The number of rotatable bonds is 4. The van der Waals surface area contributed by atoms with E-state index in [0.29, 0.717) is 18.2 Å². The Bertz CT molecular complexity index is 567. The van der Waals surface area contributed by atoms with Gasteiger partial charge < -0.3 is 15.2 Å². The lowest BCUT2D eigenvalue weighted by molar-refractivity contribution is 0.0905. The van der Waals surface area contributed by atoms with Crippen molar-refractivity contribution in [2.24, 2.45) is 5.92 Å². The second-order valence-corrected chi connectivity index (χ2v) is 4.68. The molecule has 106 valence electrons. The number of aromatic nitrogens is 1. The van der Waals surface area contributed by atoms with Gasteiger partial charge in [0.2, 0.25) is 5.76 Å². The first kappa shape index (κ1) is 14.6. The Morgan fingerprint density at radius 2 is 2.10 bits per heavy atom. The molecule has 0 bridgehead atoms. The molecule has 1 amide bonds. The van der Waals surface area contributed by atoms with E-state index in [2.05, 4.69) is 15.8 Å². The topological polar surface area (TPSA) is 67.2 Å². The number of nitrogens with one attached hydrogen (secondary N) is 2. The van der Waals surface area contributed by atoms with Gasteiger partial charge in [0.05, 0.1) is 0 Å². The van der Waals surface area contributed by atoms with Crippen LogP contribution in [-0.4, -0.2) is 30.7 Å². The van der Waals surface area contributed by atoms with Gasteiger partial charge in [0.15, 0.2) is 0 Å². The van der Waals surface area contributed by atoms with Crippen LogP contribution < -0.4 is 10.6 Å². The summed E-state index contributed by atoms with van der Waals surface area (Å²) < 4.78 is 5.09. The maximum absolute atomic E-state index is 11.9. The molecule has 6 heteroatoms. The van der Waals surface area contributed by atoms with Gasteiger partial charge >= 0.3 is 0 Å². The first-order chi connectivity index (χ1) is 9.33. The molecule has 3 rings (SSSR count). The van der Waals surface area contributed by atoms with E-state index in [1.165, 1.54) is 0 Å². The predicted molar refractivity (Wildman–Crippen MR) is 77.9 cm³/mol. The van der Waals surface area contributed by atoms with E-state index in [-0.39, 0.29) is 24.1 Å². The zero-order chi connectivity index (χ0) is 13.1. The third-order valence-corrected chi connectivity index (χ3v) is 3.22. The summed E-state index contributed by atoms with van der Waals surface area (Å²) in [5, 5.41) is 9.94. The first-order valence-corrected chi connectivity index (χ1v) is 6.34. The maximum atomic E-state index is 11.9. The van der Waals surface area contributed by atoms with Crippen LogP contribution in [0.25, 0.3) is 11.3 Å². The van der Waals surface area contributed by atoms with E-state index < -0.39 is 0 Å². The summed E-state index contributed by atoms with van der Waals surface area (Å²) in [5.41, 5.74) is 1.62. The largest absolute Gasteiger partial charge is 0.350 e. The molecular weight excluding hydrogens is 278 g/mol. The van der Waals surface area contributed by atoms with Crippen LogP contribution in [0.15, 0.2) is 40.9 Å². The third-order valence-electron chi connectivity index (χ3n) is 3.22. The molecule has 2 heterocycles. The Hall–Kier alpha value is -1.85. The third kappa shape index (κ3) is 3.18. The molecule has 0 saturated carbocycles. The normalized spacial score (nSPS) is 14.2. The van der Waals surface area contributed by atoms with Crippen molar-refractivity contribution in [1.82, 2.24) is 15.8 Å². The number of amides is 1. The minimum atomic E-state index is -0.207. The van der Waals surface area contributed by atoms with Gasteiger partial charge in [-0.2, -0.15) is 0 Å². The first-order valence-electron chi connectivity index (χ1n) is 6.34. The zero-order valence-electron chi connectivity index (χ0n) is 10.8. The van der Waals surface area contributed by atoms with Gasteiger partial charge in [-0.1, -0.05) is 35.5 Å². The molecule has 1 aromatic heterocycles. The van der Waals surface area contributed by atoms with E-state index in [1.807, 2.05) is 30.3 Å². The predicted octanol–water partition coefficient (Wildman–Crippen LogP) is 1.71. The van der Waals surface area contributed by atoms with Crippen molar-refractivity contribution in [1.29, 1.82) is 0 Å². The quantitative estimate of drug-likeness (QED) is 0.900. The Kier molecular flexibility index (Phi) is 4.76. The van der Waals surface area contributed by atoms with Crippen molar-refractivity contribution in [3.63, 3.8) is 0 Å². The Morgan fingerprint density at radius 3 is 2.75 bits per heavy atom. The highest BCUT2D eigenvalue weighted by molar-refractivity contribution is 5.92. The van der Waals surface area contributed by atoms with Gasteiger partial charge in [0, 0.05) is 37.2 Å². The van der Waals surface area contributed by atoms with Crippen LogP contribution in [0.5, 0.6) is 0 Å². The minimum Gasteiger partial charge on any atom is -0.350 e. The fourth-order valence-corrected chi connectivity index (χ4v) is 1.94. The van der Waals surface area contributed by atoms with Crippen molar-refractivity contribution < 1.29 is 9.32 Å². The van der Waals surface area contributed by atoms with E-state index >= 15 is 0 Å². The lowest BCUT2D eigenvalue weighted by Gasteiger charge is -2.26. The molecule has 0 unspecified atom stereocenters. The van der Waals surface area contributed by atoms with E-state index in [9.17, 15) is 4.79 Å². The van der Waals surface area contributed by atoms with E-state index in [4.69, 9.17) is 4.52 Å². The van der Waals surface area contributed by atoms with Gasteiger partial charge in [-0.15, -0.1) is 12.4 Å². The van der Waals surface area contributed by atoms with Crippen LogP contribution in [-0.2, 0) is 0 Å². The van der Waals surface area contributed by atoms with Gasteiger partial charge in [-0.3, -0.25) is 4.79 Å². The Labute approximate surface area is 123 Å².